The Morgan fingerprint density at radius 2 is 2.15 bits per heavy atom. The highest BCUT2D eigenvalue weighted by atomic mass is 32.2. The SMILES string of the molecule is C=CCSCCNC(C)c1ccc2c(c1)OCCCO2. The van der Waals surface area contributed by atoms with E-state index in [4.69, 9.17) is 9.47 Å². The Bertz CT molecular complexity index is 436. The maximum Gasteiger partial charge on any atom is 0.161 e. The second kappa shape index (κ2) is 8.22. The fourth-order valence-corrected chi connectivity index (χ4v) is 2.68. The molecule has 4 heteroatoms. The van der Waals surface area contributed by atoms with Crippen LogP contribution in [0.2, 0.25) is 0 Å². The minimum atomic E-state index is 0.316. The number of ether oxygens (including phenoxy) is 2. The van der Waals surface area contributed by atoms with E-state index >= 15 is 0 Å². The Morgan fingerprint density at radius 3 is 2.95 bits per heavy atom. The van der Waals surface area contributed by atoms with Gasteiger partial charge in [-0.05, 0) is 24.6 Å². The summed E-state index contributed by atoms with van der Waals surface area (Å²) in [5.41, 5.74) is 1.24. The molecule has 0 spiro atoms. The van der Waals surface area contributed by atoms with Gasteiger partial charge in [0.05, 0.1) is 13.2 Å². The highest BCUT2D eigenvalue weighted by Crippen LogP contribution is 2.32. The molecule has 1 heterocycles. The van der Waals surface area contributed by atoms with Crippen molar-refractivity contribution in [2.75, 3.05) is 31.3 Å². The van der Waals surface area contributed by atoms with Crippen molar-refractivity contribution in [3.63, 3.8) is 0 Å². The zero-order chi connectivity index (χ0) is 14.2. The summed E-state index contributed by atoms with van der Waals surface area (Å²) in [6.07, 6.45) is 2.89. The standard InChI is InChI=1S/C16H23NO2S/c1-3-10-20-11-7-17-13(2)14-5-6-15-16(12-14)19-9-4-8-18-15/h3,5-6,12-13,17H,1,4,7-11H2,2H3. The van der Waals surface area contributed by atoms with E-state index in [0.29, 0.717) is 6.04 Å². The number of rotatable bonds is 7. The van der Waals surface area contributed by atoms with Gasteiger partial charge < -0.3 is 14.8 Å². The van der Waals surface area contributed by atoms with E-state index < -0.39 is 0 Å². The van der Waals surface area contributed by atoms with Crippen LogP contribution in [0.1, 0.15) is 24.9 Å². The van der Waals surface area contributed by atoms with Gasteiger partial charge in [-0.25, -0.2) is 0 Å². The van der Waals surface area contributed by atoms with Crippen molar-refractivity contribution in [3.8, 4) is 11.5 Å². The monoisotopic (exact) mass is 293 g/mol. The molecule has 110 valence electrons. The van der Waals surface area contributed by atoms with Gasteiger partial charge in [-0.15, -0.1) is 6.58 Å². The van der Waals surface area contributed by atoms with Crippen LogP contribution >= 0.6 is 11.8 Å². The smallest absolute Gasteiger partial charge is 0.161 e. The van der Waals surface area contributed by atoms with Crippen LogP contribution < -0.4 is 14.8 Å². The van der Waals surface area contributed by atoms with Gasteiger partial charge in [-0.3, -0.25) is 0 Å². The highest BCUT2D eigenvalue weighted by molar-refractivity contribution is 7.99. The van der Waals surface area contributed by atoms with Gasteiger partial charge >= 0.3 is 0 Å². The van der Waals surface area contributed by atoms with Crippen molar-refractivity contribution in [1.29, 1.82) is 0 Å². The average Bonchev–Trinajstić information content (AvgIpc) is 2.71. The molecule has 0 saturated heterocycles. The molecule has 1 N–H and O–H groups in total. The van der Waals surface area contributed by atoms with E-state index in [2.05, 4.69) is 31.0 Å². The predicted octanol–water partition coefficient (Wildman–Crippen LogP) is 3.42. The first-order valence-electron chi connectivity index (χ1n) is 7.13. The molecule has 0 aliphatic carbocycles. The number of benzene rings is 1. The van der Waals surface area contributed by atoms with Crippen LogP contribution in [0.4, 0.5) is 0 Å². The zero-order valence-electron chi connectivity index (χ0n) is 12.1. The molecule has 1 unspecified atom stereocenters. The first-order valence-corrected chi connectivity index (χ1v) is 8.28. The van der Waals surface area contributed by atoms with Gasteiger partial charge in [-0.1, -0.05) is 12.1 Å². The quantitative estimate of drug-likeness (QED) is 0.616. The topological polar surface area (TPSA) is 30.5 Å². The van der Waals surface area contributed by atoms with Crippen molar-refractivity contribution in [2.45, 2.75) is 19.4 Å². The molecule has 1 aromatic carbocycles. The number of fused-ring (bicyclic) bond motifs is 1. The molecular weight excluding hydrogens is 270 g/mol. The van der Waals surface area contributed by atoms with Crippen molar-refractivity contribution in [2.24, 2.45) is 0 Å². The largest absolute Gasteiger partial charge is 0.490 e. The number of nitrogens with one attached hydrogen (secondary N) is 1. The molecular formula is C16H23NO2S. The predicted molar refractivity (Wildman–Crippen MR) is 86.0 cm³/mol. The molecule has 0 bridgehead atoms. The van der Waals surface area contributed by atoms with Gasteiger partial charge in [0.2, 0.25) is 0 Å². The fourth-order valence-electron chi connectivity index (χ4n) is 2.08. The molecule has 0 aromatic heterocycles. The summed E-state index contributed by atoms with van der Waals surface area (Å²) in [6.45, 7) is 8.36. The minimum Gasteiger partial charge on any atom is -0.490 e. The molecule has 1 atom stereocenters. The van der Waals surface area contributed by atoms with Gasteiger partial charge in [0.1, 0.15) is 0 Å². The minimum absolute atomic E-state index is 0.316. The van der Waals surface area contributed by atoms with E-state index in [1.54, 1.807) is 0 Å². The summed E-state index contributed by atoms with van der Waals surface area (Å²) in [4.78, 5) is 0. The normalized spacial score (nSPS) is 15.4. The lowest BCUT2D eigenvalue weighted by molar-refractivity contribution is 0.297. The van der Waals surface area contributed by atoms with Gasteiger partial charge in [-0.2, -0.15) is 11.8 Å². The molecule has 2 rings (SSSR count). The third kappa shape index (κ3) is 4.46. The number of thioether (sulfide) groups is 1. The Kier molecular flexibility index (Phi) is 6.27. The Hall–Kier alpha value is -1.13. The Balaban J connectivity index is 1.88. The maximum atomic E-state index is 5.73. The Morgan fingerprint density at radius 1 is 1.35 bits per heavy atom. The molecule has 0 saturated carbocycles. The number of hydrogen-bond acceptors (Lipinski definition) is 4. The lowest BCUT2D eigenvalue weighted by atomic mass is 10.1. The summed E-state index contributed by atoms with van der Waals surface area (Å²) in [7, 11) is 0. The summed E-state index contributed by atoms with van der Waals surface area (Å²) in [5, 5.41) is 3.53. The molecule has 0 radical (unpaired) electrons. The van der Waals surface area contributed by atoms with Crippen molar-refractivity contribution >= 4 is 11.8 Å². The third-order valence-corrected chi connectivity index (χ3v) is 4.17. The van der Waals surface area contributed by atoms with E-state index in [0.717, 1.165) is 49.2 Å². The van der Waals surface area contributed by atoms with Crippen molar-refractivity contribution < 1.29 is 9.47 Å². The van der Waals surface area contributed by atoms with Gasteiger partial charge in [0, 0.05) is 30.5 Å². The molecule has 1 aliphatic heterocycles. The van der Waals surface area contributed by atoms with E-state index in [-0.39, 0.29) is 0 Å². The van der Waals surface area contributed by atoms with Crippen LogP contribution in [0, 0.1) is 0 Å². The molecule has 1 aliphatic rings. The summed E-state index contributed by atoms with van der Waals surface area (Å²) in [5.74, 6) is 3.84. The summed E-state index contributed by atoms with van der Waals surface area (Å²) in [6, 6.07) is 6.54. The zero-order valence-corrected chi connectivity index (χ0v) is 12.9. The summed E-state index contributed by atoms with van der Waals surface area (Å²) >= 11 is 1.89. The van der Waals surface area contributed by atoms with Gasteiger partial charge in [0.25, 0.3) is 0 Å². The summed E-state index contributed by atoms with van der Waals surface area (Å²) < 4.78 is 11.4. The molecule has 0 fully saturated rings. The number of hydrogen-bond donors (Lipinski definition) is 1. The van der Waals surface area contributed by atoms with Crippen molar-refractivity contribution in [1.82, 2.24) is 5.32 Å². The van der Waals surface area contributed by atoms with Gasteiger partial charge in [0.15, 0.2) is 11.5 Å². The Labute approximate surface area is 125 Å². The van der Waals surface area contributed by atoms with Crippen LogP contribution in [-0.4, -0.2) is 31.3 Å². The molecule has 3 nitrogen and oxygen atoms in total. The van der Waals surface area contributed by atoms with Crippen LogP contribution in [0.25, 0.3) is 0 Å². The average molecular weight is 293 g/mol. The fraction of sp³-hybridized carbons (Fsp3) is 0.500. The molecule has 20 heavy (non-hydrogen) atoms. The molecule has 0 amide bonds. The third-order valence-electron chi connectivity index (χ3n) is 3.20. The lowest BCUT2D eigenvalue weighted by Gasteiger charge is -2.16. The van der Waals surface area contributed by atoms with Crippen molar-refractivity contribution in [3.05, 3.63) is 36.4 Å². The lowest BCUT2D eigenvalue weighted by Crippen LogP contribution is -2.21. The first-order chi connectivity index (χ1) is 9.81. The first kappa shape index (κ1) is 15.3. The highest BCUT2D eigenvalue weighted by Gasteiger charge is 2.13. The van der Waals surface area contributed by atoms with Crippen LogP contribution in [-0.2, 0) is 0 Å². The molecule has 1 aromatic rings. The van der Waals surface area contributed by atoms with E-state index in [9.17, 15) is 0 Å². The van der Waals surface area contributed by atoms with E-state index in [1.807, 2.05) is 23.9 Å². The van der Waals surface area contributed by atoms with Crippen LogP contribution in [0.3, 0.4) is 0 Å². The van der Waals surface area contributed by atoms with Crippen LogP contribution in [0.15, 0.2) is 30.9 Å². The second-order valence-electron chi connectivity index (χ2n) is 4.80. The van der Waals surface area contributed by atoms with E-state index in [1.165, 1.54) is 5.56 Å². The van der Waals surface area contributed by atoms with Crippen LogP contribution in [0.5, 0.6) is 11.5 Å². The second-order valence-corrected chi connectivity index (χ2v) is 5.95. The maximum absolute atomic E-state index is 5.73.